The Morgan fingerprint density at radius 2 is 0.406 bits per heavy atom. The van der Waals surface area contributed by atoms with E-state index in [4.69, 9.17) is 26.5 Å². The monoisotopic (exact) mass is 1830 g/mol. The lowest BCUT2D eigenvalue weighted by atomic mass is 10.0. The molecule has 11 heteroatoms. The summed E-state index contributed by atoms with van der Waals surface area (Å²) >= 11 is 0. The topological polar surface area (TPSA) is 103 Å². The van der Waals surface area contributed by atoms with Crippen LogP contribution >= 0.6 is 0 Å². The highest BCUT2D eigenvalue weighted by atomic mass is 16.4. The van der Waals surface area contributed by atoms with Crippen molar-refractivity contribution in [1.29, 1.82) is 0 Å². The second kappa shape index (κ2) is 30.6. The van der Waals surface area contributed by atoms with Crippen LogP contribution in [-0.2, 0) is 0 Å². The molecule has 11 aromatic heterocycles. The Labute approximate surface area is 813 Å². The zero-order chi connectivity index (χ0) is 93.3. The summed E-state index contributed by atoms with van der Waals surface area (Å²) in [5.41, 5.74) is 34.6. The molecular weight excluding hydrogens is 1750 g/mol. The lowest BCUT2D eigenvalue weighted by molar-refractivity contribution is 0.664. The quantitative estimate of drug-likeness (QED) is 0.150. The van der Waals surface area contributed by atoms with Crippen molar-refractivity contribution in [1.82, 2.24) is 22.8 Å². The number of aromatic nitrogens is 5. The van der Waals surface area contributed by atoms with Crippen molar-refractivity contribution in [3.8, 4) is 61.8 Å². The van der Waals surface area contributed by atoms with E-state index in [0.717, 1.165) is 226 Å². The van der Waals surface area contributed by atoms with E-state index < -0.39 is 0 Å². The Hall–Kier alpha value is -19.4. The summed E-state index contributed by atoms with van der Waals surface area (Å²) in [4.78, 5) is 0. The fourth-order valence-electron chi connectivity index (χ4n) is 23.4. The van der Waals surface area contributed by atoms with Crippen molar-refractivity contribution in [2.24, 2.45) is 0 Å². The zero-order valence-electron chi connectivity index (χ0n) is 76.6. The molecular formula is C132H77N5O6. The number of fused-ring (bicyclic) bond motifs is 34. The molecule has 0 aliphatic heterocycles. The molecule has 11 nitrogen and oxygen atoms in total. The second-order valence-electron chi connectivity index (χ2n) is 37.5. The average molecular weight is 1830 g/mol. The van der Waals surface area contributed by atoms with Crippen LogP contribution in [0.2, 0.25) is 0 Å². The van der Waals surface area contributed by atoms with E-state index in [1.54, 1.807) is 0 Å². The van der Waals surface area contributed by atoms with Gasteiger partial charge in [0.1, 0.15) is 50.2 Å². The molecule has 11 heterocycles. The molecule has 22 aromatic carbocycles. The van der Waals surface area contributed by atoms with E-state index in [1.807, 2.05) is 66.7 Å². The van der Waals surface area contributed by atoms with Gasteiger partial charge in [-0.25, -0.2) is 0 Å². The molecule has 143 heavy (non-hydrogen) atoms. The maximum absolute atomic E-state index is 6.61. The van der Waals surface area contributed by atoms with Crippen LogP contribution in [0, 0.1) is 0 Å². The third-order valence-corrected chi connectivity index (χ3v) is 29.8. The van der Waals surface area contributed by atoms with Crippen molar-refractivity contribution >= 4 is 241 Å². The molecule has 0 unspecified atom stereocenters. The minimum atomic E-state index is 0.879. The van der Waals surface area contributed by atoms with E-state index in [9.17, 15) is 0 Å². The summed E-state index contributed by atoms with van der Waals surface area (Å²) in [6.45, 7) is 0. The number of hydrogen-bond acceptors (Lipinski definition) is 6. The van der Waals surface area contributed by atoms with E-state index in [1.165, 1.54) is 76.5 Å². The van der Waals surface area contributed by atoms with Crippen LogP contribution in [0.3, 0.4) is 0 Å². The number of para-hydroxylation sites is 14. The van der Waals surface area contributed by atoms with Gasteiger partial charge in [0, 0.05) is 141 Å². The maximum atomic E-state index is 6.61. The molecule has 0 amide bonds. The molecule has 33 aromatic rings. The molecule has 0 fully saturated rings. The van der Waals surface area contributed by atoms with Crippen LogP contribution in [0.5, 0.6) is 0 Å². The minimum absolute atomic E-state index is 0.879. The van der Waals surface area contributed by atoms with Gasteiger partial charge in [-0.05, 0) is 210 Å². The number of rotatable bonds is 8. The van der Waals surface area contributed by atoms with Crippen LogP contribution in [0.4, 0.5) is 0 Å². The first-order valence-electron chi connectivity index (χ1n) is 48.5. The molecule has 0 radical (unpaired) electrons. The molecule has 0 spiro atoms. The standard InChI is InChI=1S/C54H32N2O2.C48H28N2O2.C30H17NO2/c1-2-11-36(12-3-1)55-47-18-7-4-13-39(47)43-29-34(23-27-48(43)55)35-24-28-49-44(30-35)45-32-53-46(41-15-6-8-19-51(41)57-53)31-50(45)56(49)37-25-21-33(22-26-37)38-16-10-17-42-40-14-5-9-20-52(40)58-54(38)42;1-2-11-31(12-3-1)49-40-17-7-4-13-32(40)36-25-29(21-23-41(36)49)30-22-24-42-37(26-30)38-28-47-39(34-15-6-8-19-45(34)51-47)27-44(38)50(42)43-18-10-16-35-33-14-5-9-20-46(33)52-48(35)43;1-4-12-24-18(8-1)21-16-17-23-20-10-3-6-15-27(20)33-30(23)28(21)31(24)25-13-7-11-22-19-9-2-5-14-26(19)32-29(22)25/h1-32H;1-28H;1-17H. The van der Waals surface area contributed by atoms with Crippen LogP contribution < -0.4 is 0 Å². The molecule has 666 valence electrons. The summed E-state index contributed by atoms with van der Waals surface area (Å²) in [6.07, 6.45) is 0. The van der Waals surface area contributed by atoms with Gasteiger partial charge in [0.05, 0.1) is 66.5 Å². The minimum Gasteiger partial charge on any atom is -0.456 e. The van der Waals surface area contributed by atoms with Crippen LogP contribution in [0.1, 0.15) is 0 Å². The SMILES string of the molecule is c1ccc(-n2c3ccccc3c3cc(-c4ccc5c(c4)c4cc6oc7ccccc7c6cc4n5-c4ccc(-c5cccc6c5oc5ccccc56)cc4)ccc32)cc1.c1ccc(-n2c3ccccc3c3cc(-c4ccc5c(c4)c4cc6oc7ccccc7c6cc4n5-c4cccc5c4oc4ccccc45)ccc32)cc1.c1ccc2c(c1)oc1c(-n3c4ccccc4c4ccc5c6ccccc6oc5c43)cccc12. The highest BCUT2D eigenvalue weighted by Gasteiger charge is 2.28. The van der Waals surface area contributed by atoms with Crippen molar-refractivity contribution in [3.63, 3.8) is 0 Å². The van der Waals surface area contributed by atoms with Crippen molar-refractivity contribution < 1.29 is 26.5 Å². The average Bonchev–Trinajstić information content (AvgIpc) is 1.50. The second-order valence-corrected chi connectivity index (χ2v) is 37.5. The first kappa shape index (κ1) is 78.8. The van der Waals surface area contributed by atoms with Crippen LogP contribution in [0.15, 0.2) is 494 Å². The third-order valence-electron chi connectivity index (χ3n) is 29.8. The molecule has 0 saturated carbocycles. The van der Waals surface area contributed by atoms with Gasteiger partial charge < -0.3 is 49.3 Å². The lowest BCUT2D eigenvalue weighted by Crippen LogP contribution is -1.94. The predicted octanol–water partition coefficient (Wildman–Crippen LogP) is 36.9. The van der Waals surface area contributed by atoms with Crippen molar-refractivity contribution in [2.45, 2.75) is 0 Å². The van der Waals surface area contributed by atoms with Gasteiger partial charge in [-0.2, -0.15) is 0 Å². The van der Waals surface area contributed by atoms with Crippen LogP contribution in [-0.4, -0.2) is 22.8 Å². The highest BCUT2D eigenvalue weighted by molar-refractivity contribution is 6.25. The number of nitrogens with zero attached hydrogens (tertiary/aromatic N) is 5. The Bertz CT molecular complexity index is 11200. The van der Waals surface area contributed by atoms with E-state index in [-0.39, 0.29) is 0 Å². The van der Waals surface area contributed by atoms with Crippen molar-refractivity contribution in [2.75, 3.05) is 0 Å². The first-order chi connectivity index (χ1) is 70.9. The van der Waals surface area contributed by atoms with Crippen molar-refractivity contribution in [3.05, 3.63) is 467 Å². The molecule has 0 N–H and O–H groups in total. The summed E-state index contributed by atoms with van der Waals surface area (Å²) in [7, 11) is 0. The Morgan fingerprint density at radius 1 is 0.126 bits per heavy atom. The maximum Gasteiger partial charge on any atom is 0.160 e. The van der Waals surface area contributed by atoms with E-state index in [2.05, 4.69) is 423 Å². The summed E-state index contributed by atoms with van der Waals surface area (Å²) < 4.78 is 50.7. The van der Waals surface area contributed by atoms with Gasteiger partial charge in [-0.15, -0.1) is 0 Å². The normalized spacial score (nSPS) is 12.2. The highest BCUT2D eigenvalue weighted by Crippen LogP contribution is 2.50. The van der Waals surface area contributed by atoms with E-state index >= 15 is 0 Å². The third kappa shape index (κ3) is 11.8. The molecule has 33 rings (SSSR count). The van der Waals surface area contributed by atoms with Crippen LogP contribution in [0.25, 0.3) is 302 Å². The lowest BCUT2D eigenvalue weighted by Gasteiger charge is -2.10. The molecule has 0 bridgehead atoms. The fourth-order valence-corrected chi connectivity index (χ4v) is 23.4. The van der Waals surface area contributed by atoms with Gasteiger partial charge in [0.25, 0.3) is 0 Å². The molecule has 0 atom stereocenters. The predicted molar refractivity (Wildman–Crippen MR) is 591 cm³/mol. The summed E-state index contributed by atoms with van der Waals surface area (Å²) in [5.74, 6) is 0. The van der Waals surface area contributed by atoms with Gasteiger partial charge in [0.2, 0.25) is 0 Å². The number of furan rings is 6. The smallest absolute Gasteiger partial charge is 0.160 e. The Balaban J connectivity index is 0.000000102. The van der Waals surface area contributed by atoms with E-state index in [0.29, 0.717) is 0 Å². The van der Waals surface area contributed by atoms with Gasteiger partial charge in [-0.3, -0.25) is 0 Å². The fraction of sp³-hybridized carbons (Fsp3) is 0. The van der Waals surface area contributed by atoms with Gasteiger partial charge in [-0.1, -0.05) is 285 Å². The largest absolute Gasteiger partial charge is 0.456 e. The Morgan fingerprint density at radius 3 is 0.853 bits per heavy atom. The number of benzene rings is 22. The molecule has 0 aliphatic rings. The molecule has 0 aliphatic carbocycles. The first-order valence-corrected chi connectivity index (χ1v) is 48.5. The van der Waals surface area contributed by atoms with Gasteiger partial charge in [0.15, 0.2) is 16.7 Å². The Kier molecular flexibility index (Phi) is 16.8. The molecule has 0 saturated heterocycles. The zero-order valence-corrected chi connectivity index (χ0v) is 76.6. The number of hydrogen-bond donors (Lipinski definition) is 0. The van der Waals surface area contributed by atoms with Gasteiger partial charge >= 0.3 is 0 Å². The summed E-state index contributed by atoms with van der Waals surface area (Å²) in [6, 6.07) is 166. The summed E-state index contributed by atoms with van der Waals surface area (Å²) in [5, 5.41) is 25.4.